The zero-order valence-corrected chi connectivity index (χ0v) is 13.3. The Kier molecular flexibility index (Phi) is 4.56. The third-order valence-electron chi connectivity index (χ3n) is 2.34. The van der Waals surface area contributed by atoms with Gasteiger partial charge in [0.2, 0.25) is 11.6 Å². The highest BCUT2D eigenvalue weighted by molar-refractivity contribution is 9.11. The third kappa shape index (κ3) is 3.26. The van der Waals surface area contributed by atoms with E-state index in [2.05, 4.69) is 36.8 Å². The summed E-state index contributed by atoms with van der Waals surface area (Å²) in [5, 5.41) is 11.0. The minimum absolute atomic E-state index is 0.0601. The first-order valence-electron chi connectivity index (χ1n) is 5.32. The van der Waals surface area contributed by atoms with Gasteiger partial charge in [-0.3, -0.25) is 10.1 Å². The van der Waals surface area contributed by atoms with E-state index in [1.54, 1.807) is 6.07 Å². The average Bonchev–Trinajstić information content (AvgIpc) is 2.41. The number of nitro groups is 1. The fourth-order valence-electron chi connectivity index (χ4n) is 1.44. The molecule has 0 N–H and O–H groups in total. The molecule has 0 amide bonds. The fourth-order valence-corrected chi connectivity index (χ4v) is 2.50. The van der Waals surface area contributed by atoms with Crippen LogP contribution in [-0.4, -0.2) is 17.0 Å². The molecule has 1 aromatic carbocycles. The van der Waals surface area contributed by atoms with Crippen molar-refractivity contribution < 1.29 is 14.4 Å². The number of halogens is 2. The van der Waals surface area contributed by atoms with Crippen LogP contribution in [0.5, 0.6) is 17.4 Å². The van der Waals surface area contributed by atoms with Crippen molar-refractivity contribution in [1.29, 1.82) is 0 Å². The van der Waals surface area contributed by atoms with Gasteiger partial charge in [-0.05, 0) is 44.0 Å². The van der Waals surface area contributed by atoms with E-state index in [0.29, 0.717) is 10.2 Å². The highest BCUT2D eigenvalue weighted by Crippen LogP contribution is 2.36. The first kappa shape index (κ1) is 14.7. The zero-order chi connectivity index (χ0) is 14.7. The van der Waals surface area contributed by atoms with Gasteiger partial charge in [0, 0.05) is 22.8 Å². The highest BCUT2D eigenvalue weighted by atomic mass is 79.9. The molecule has 104 valence electrons. The summed E-state index contributed by atoms with van der Waals surface area (Å²) in [6, 6.07) is 5.98. The number of benzene rings is 1. The van der Waals surface area contributed by atoms with Crippen LogP contribution in [0, 0.1) is 10.1 Å². The number of nitrogens with zero attached hydrogens (tertiary/aromatic N) is 2. The molecule has 8 heteroatoms. The molecule has 6 nitrogen and oxygen atoms in total. The zero-order valence-electron chi connectivity index (χ0n) is 10.2. The Morgan fingerprint density at radius 1 is 1.30 bits per heavy atom. The van der Waals surface area contributed by atoms with Gasteiger partial charge in [-0.25, -0.2) is 4.98 Å². The van der Waals surface area contributed by atoms with Gasteiger partial charge < -0.3 is 9.47 Å². The first-order valence-corrected chi connectivity index (χ1v) is 6.91. The van der Waals surface area contributed by atoms with Gasteiger partial charge in [-0.1, -0.05) is 0 Å². The van der Waals surface area contributed by atoms with E-state index in [9.17, 15) is 10.1 Å². The number of ether oxygens (including phenoxy) is 2. The SMILES string of the molecule is COc1ccc([N+](=O)[O-])c(Oc2ncc(Br)cc2Br)c1. The van der Waals surface area contributed by atoms with Gasteiger partial charge in [0.15, 0.2) is 0 Å². The van der Waals surface area contributed by atoms with Gasteiger partial charge in [-0.2, -0.15) is 0 Å². The number of hydrogen-bond acceptors (Lipinski definition) is 5. The highest BCUT2D eigenvalue weighted by Gasteiger charge is 2.18. The Morgan fingerprint density at radius 3 is 2.65 bits per heavy atom. The van der Waals surface area contributed by atoms with E-state index in [1.807, 2.05) is 0 Å². The maximum Gasteiger partial charge on any atom is 0.311 e. The molecule has 0 bridgehead atoms. The lowest BCUT2D eigenvalue weighted by atomic mass is 10.3. The van der Waals surface area contributed by atoms with E-state index in [4.69, 9.17) is 9.47 Å². The van der Waals surface area contributed by atoms with Crippen LogP contribution in [0.3, 0.4) is 0 Å². The van der Waals surface area contributed by atoms with Crippen LogP contribution in [0.15, 0.2) is 39.4 Å². The van der Waals surface area contributed by atoms with Crippen molar-refractivity contribution >= 4 is 37.5 Å². The minimum atomic E-state index is -0.526. The largest absolute Gasteiger partial charge is 0.497 e. The van der Waals surface area contributed by atoms with Crippen molar-refractivity contribution in [3.63, 3.8) is 0 Å². The fraction of sp³-hybridized carbons (Fsp3) is 0.0833. The van der Waals surface area contributed by atoms with Gasteiger partial charge in [0.05, 0.1) is 16.5 Å². The van der Waals surface area contributed by atoms with Crippen molar-refractivity contribution in [3.8, 4) is 17.4 Å². The molecule has 2 rings (SSSR count). The molecular weight excluding hydrogens is 396 g/mol. The maximum atomic E-state index is 11.0. The lowest BCUT2D eigenvalue weighted by Crippen LogP contribution is -1.96. The Labute approximate surface area is 131 Å². The summed E-state index contributed by atoms with van der Waals surface area (Å²) < 4.78 is 11.9. The molecule has 0 aliphatic rings. The molecule has 0 unspecified atom stereocenters. The van der Waals surface area contributed by atoms with Crippen molar-refractivity contribution in [1.82, 2.24) is 4.98 Å². The summed E-state index contributed by atoms with van der Waals surface area (Å²) >= 11 is 6.55. The molecule has 0 fully saturated rings. The Morgan fingerprint density at radius 2 is 2.05 bits per heavy atom. The third-order valence-corrected chi connectivity index (χ3v) is 3.35. The monoisotopic (exact) mass is 402 g/mol. The molecule has 0 atom stereocenters. The van der Waals surface area contributed by atoms with E-state index in [1.165, 1.54) is 31.5 Å². The normalized spacial score (nSPS) is 10.2. The number of aromatic nitrogens is 1. The molecule has 0 saturated carbocycles. The number of pyridine rings is 1. The van der Waals surface area contributed by atoms with E-state index in [0.717, 1.165) is 4.47 Å². The van der Waals surface area contributed by atoms with Crippen LogP contribution in [0.25, 0.3) is 0 Å². The van der Waals surface area contributed by atoms with Crippen LogP contribution in [-0.2, 0) is 0 Å². The van der Waals surface area contributed by atoms with Crippen LogP contribution in [0.2, 0.25) is 0 Å². The van der Waals surface area contributed by atoms with E-state index in [-0.39, 0.29) is 17.3 Å². The smallest absolute Gasteiger partial charge is 0.311 e. The van der Waals surface area contributed by atoms with E-state index >= 15 is 0 Å². The summed E-state index contributed by atoms with van der Waals surface area (Å²) in [4.78, 5) is 14.5. The molecule has 2 aromatic rings. The van der Waals surface area contributed by atoms with Gasteiger partial charge in [-0.15, -0.1) is 0 Å². The molecule has 0 spiro atoms. The van der Waals surface area contributed by atoms with Crippen molar-refractivity contribution in [2.24, 2.45) is 0 Å². The predicted molar refractivity (Wildman–Crippen MR) is 79.4 cm³/mol. The summed E-state index contributed by atoms with van der Waals surface area (Å²) in [6.07, 6.45) is 1.53. The van der Waals surface area contributed by atoms with Crippen molar-refractivity contribution in [3.05, 3.63) is 49.5 Å². The lowest BCUT2D eigenvalue weighted by Gasteiger charge is -2.08. The summed E-state index contributed by atoms with van der Waals surface area (Å²) in [5.41, 5.74) is -0.164. The number of hydrogen-bond donors (Lipinski definition) is 0. The molecule has 0 radical (unpaired) electrons. The minimum Gasteiger partial charge on any atom is -0.497 e. The van der Waals surface area contributed by atoms with Crippen LogP contribution < -0.4 is 9.47 Å². The van der Waals surface area contributed by atoms with Gasteiger partial charge in [0.25, 0.3) is 0 Å². The van der Waals surface area contributed by atoms with Crippen LogP contribution >= 0.6 is 31.9 Å². The Hall–Kier alpha value is -1.67. The predicted octanol–water partition coefficient (Wildman–Crippen LogP) is 4.32. The second-order valence-electron chi connectivity index (χ2n) is 3.63. The molecule has 1 aromatic heterocycles. The summed E-state index contributed by atoms with van der Waals surface area (Å²) in [5.74, 6) is 0.744. The molecule has 0 aliphatic heterocycles. The van der Waals surface area contributed by atoms with Crippen molar-refractivity contribution in [2.75, 3.05) is 7.11 Å². The molecule has 1 heterocycles. The van der Waals surface area contributed by atoms with E-state index < -0.39 is 4.92 Å². The number of nitro benzene ring substituents is 1. The molecule has 20 heavy (non-hydrogen) atoms. The lowest BCUT2D eigenvalue weighted by molar-refractivity contribution is -0.385. The van der Waals surface area contributed by atoms with Crippen molar-refractivity contribution in [2.45, 2.75) is 0 Å². The second-order valence-corrected chi connectivity index (χ2v) is 5.40. The standard InChI is InChI=1S/C12H8Br2N2O4/c1-19-8-2-3-10(16(17)18)11(5-8)20-12-9(14)4-7(13)6-15-12/h2-6H,1H3. The second kappa shape index (κ2) is 6.19. The van der Waals surface area contributed by atoms with Gasteiger partial charge in [0.1, 0.15) is 5.75 Å². The topological polar surface area (TPSA) is 74.5 Å². The quantitative estimate of drug-likeness (QED) is 0.561. The summed E-state index contributed by atoms with van der Waals surface area (Å²) in [6.45, 7) is 0. The number of methoxy groups -OCH3 is 1. The molecular formula is C12H8Br2N2O4. The first-order chi connectivity index (χ1) is 9.51. The number of rotatable bonds is 4. The Bertz CT molecular complexity index is 664. The average molecular weight is 404 g/mol. The maximum absolute atomic E-state index is 11.0. The van der Waals surface area contributed by atoms with Crippen LogP contribution in [0.4, 0.5) is 5.69 Å². The van der Waals surface area contributed by atoms with Crippen LogP contribution in [0.1, 0.15) is 0 Å². The molecule has 0 aliphatic carbocycles. The van der Waals surface area contributed by atoms with Gasteiger partial charge >= 0.3 is 5.69 Å². The summed E-state index contributed by atoms with van der Waals surface area (Å²) in [7, 11) is 1.47. The molecule has 0 saturated heterocycles. The Balaban J connectivity index is 2.43.